The van der Waals surface area contributed by atoms with Crippen LogP contribution in [0.1, 0.15) is 43.5 Å². The zero-order valence-corrected chi connectivity index (χ0v) is 14.4. The molecule has 1 heterocycles. The van der Waals surface area contributed by atoms with Crippen LogP contribution in [0.25, 0.3) is 0 Å². The minimum atomic E-state index is -0.810. The molecule has 3 amide bonds. The van der Waals surface area contributed by atoms with E-state index in [-0.39, 0.29) is 11.6 Å². The largest absolute Gasteiger partial charge is 0.619 e. The van der Waals surface area contributed by atoms with Crippen LogP contribution in [-0.4, -0.2) is 30.6 Å². The van der Waals surface area contributed by atoms with Crippen molar-refractivity contribution in [3.63, 3.8) is 0 Å². The van der Waals surface area contributed by atoms with Gasteiger partial charge in [-0.25, -0.2) is 9.59 Å². The minimum Gasteiger partial charge on any atom is -0.619 e. The van der Waals surface area contributed by atoms with Gasteiger partial charge >= 0.3 is 12.0 Å². The molecule has 136 valence electrons. The van der Waals surface area contributed by atoms with Gasteiger partial charge in [0.15, 0.2) is 19.0 Å². The van der Waals surface area contributed by atoms with Gasteiger partial charge in [-0.3, -0.25) is 10.1 Å². The van der Waals surface area contributed by atoms with E-state index in [1.165, 1.54) is 18.3 Å². The monoisotopic (exact) mass is 349 g/mol. The fourth-order valence-electron chi connectivity index (χ4n) is 2.94. The Hall–Kier alpha value is -2.64. The number of nitrogens with zero attached hydrogens (tertiary/aromatic N) is 1. The number of nitrogens with one attached hydrogen (secondary N) is 2. The molecule has 0 unspecified atom stereocenters. The van der Waals surface area contributed by atoms with Crippen LogP contribution in [0.3, 0.4) is 0 Å². The van der Waals surface area contributed by atoms with E-state index in [1.54, 1.807) is 0 Å². The first kappa shape index (κ1) is 18.7. The number of hydrogen-bond acceptors (Lipinski definition) is 5. The van der Waals surface area contributed by atoms with E-state index in [2.05, 4.69) is 24.5 Å². The molecular formula is C17H23N3O5. The number of amides is 3. The molecule has 8 heteroatoms. The summed E-state index contributed by atoms with van der Waals surface area (Å²) in [7, 11) is 0. The van der Waals surface area contributed by atoms with Gasteiger partial charge in [0, 0.05) is 12.1 Å². The lowest BCUT2D eigenvalue weighted by Gasteiger charge is -2.34. The van der Waals surface area contributed by atoms with Gasteiger partial charge in [-0.1, -0.05) is 26.7 Å². The fraction of sp³-hybridized carbons (Fsp3) is 0.529. The van der Waals surface area contributed by atoms with Crippen molar-refractivity contribution >= 4 is 17.9 Å². The van der Waals surface area contributed by atoms with Crippen molar-refractivity contribution < 1.29 is 23.9 Å². The molecule has 0 aromatic carbocycles. The number of rotatable bonds is 4. The highest BCUT2D eigenvalue weighted by Crippen LogP contribution is 2.29. The van der Waals surface area contributed by atoms with Crippen molar-refractivity contribution in [2.24, 2.45) is 11.8 Å². The van der Waals surface area contributed by atoms with E-state index in [4.69, 9.17) is 4.74 Å². The summed E-state index contributed by atoms with van der Waals surface area (Å²) in [4.78, 5) is 35.4. The van der Waals surface area contributed by atoms with Gasteiger partial charge in [0.25, 0.3) is 5.91 Å². The molecule has 1 aromatic heterocycles. The SMILES string of the molecule is C[C@@H]1[C@@H](C)CCC[C@H]1NC(=O)NC(=O)COC(=O)c1ccc[n+]([O-])c1. The van der Waals surface area contributed by atoms with Crippen LogP contribution in [0, 0.1) is 17.0 Å². The Morgan fingerprint density at radius 1 is 1.32 bits per heavy atom. The molecule has 1 aliphatic carbocycles. The number of ether oxygens (including phenoxy) is 1. The maximum absolute atomic E-state index is 11.9. The van der Waals surface area contributed by atoms with Crippen molar-refractivity contribution in [3.05, 3.63) is 35.3 Å². The highest BCUT2D eigenvalue weighted by atomic mass is 16.5. The van der Waals surface area contributed by atoms with E-state index in [1.807, 2.05) is 0 Å². The molecule has 1 aromatic rings. The quantitative estimate of drug-likeness (QED) is 0.481. The molecule has 1 saturated carbocycles. The van der Waals surface area contributed by atoms with Crippen LogP contribution in [0.5, 0.6) is 0 Å². The van der Waals surface area contributed by atoms with Gasteiger partial charge in [-0.15, -0.1) is 0 Å². The van der Waals surface area contributed by atoms with Crippen molar-refractivity contribution in [1.82, 2.24) is 10.6 Å². The summed E-state index contributed by atoms with van der Waals surface area (Å²) < 4.78 is 5.25. The second-order valence-electron chi connectivity index (χ2n) is 6.42. The fourth-order valence-corrected chi connectivity index (χ4v) is 2.94. The number of hydrogen-bond donors (Lipinski definition) is 2. The average Bonchev–Trinajstić information content (AvgIpc) is 2.56. The first-order valence-electron chi connectivity index (χ1n) is 8.33. The lowest BCUT2D eigenvalue weighted by Crippen LogP contribution is -2.49. The first-order valence-corrected chi connectivity index (χ1v) is 8.33. The topological polar surface area (TPSA) is 111 Å². The number of carbonyl (C=O) groups is 3. The lowest BCUT2D eigenvalue weighted by atomic mass is 9.78. The molecule has 8 nitrogen and oxygen atoms in total. The number of aromatic nitrogens is 1. The van der Waals surface area contributed by atoms with Gasteiger partial charge < -0.3 is 15.3 Å². The smallest absolute Gasteiger partial charge is 0.344 e. The number of urea groups is 1. The molecule has 1 aliphatic rings. The normalized spacial score (nSPS) is 22.7. The van der Waals surface area contributed by atoms with Crippen LogP contribution in [-0.2, 0) is 9.53 Å². The highest BCUT2D eigenvalue weighted by molar-refractivity contribution is 5.96. The van der Waals surface area contributed by atoms with E-state index < -0.39 is 24.5 Å². The summed E-state index contributed by atoms with van der Waals surface area (Å²) in [5.74, 6) is -0.682. The maximum Gasteiger partial charge on any atom is 0.344 e. The Kier molecular flexibility index (Phi) is 6.32. The number of carbonyl (C=O) groups excluding carboxylic acids is 3. The zero-order chi connectivity index (χ0) is 18.4. The number of esters is 1. The van der Waals surface area contributed by atoms with Crippen molar-refractivity contribution in [2.75, 3.05) is 6.61 Å². The molecule has 0 aliphatic heterocycles. The third-order valence-corrected chi connectivity index (χ3v) is 4.62. The van der Waals surface area contributed by atoms with E-state index in [9.17, 15) is 19.6 Å². The minimum absolute atomic E-state index is 0.0240. The van der Waals surface area contributed by atoms with E-state index in [0.717, 1.165) is 25.5 Å². The summed E-state index contributed by atoms with van der Waals surface area (Å²) >= 11 is 0. The van der Waals surface area contributed by atoms with Gasteiger partial charge in [0.1, 0.15) is 5.56 Å². The molecule has 3 atom stereocenters. The molecular weight excluding hydrogens is 326 g/mol. The van der Waals surface area contributed by atoms with Crippen LogP contribution in [0.4, 0.5) is 4.79 Å². The van der Waals surface area contributed by atoms with Gasteiger partial charge in [-0.2, -0.15) is 4.73 Å². The third-order valence-electron chi connectivity index (χ3n) is 4.62. The van der Waals surface area contributed by atoms with E-state index >= 15 is 0 Å². The van der Waals surface area contributed by atoms with Gasteiger partial charge in [0.2, 0.25) is 0 Å². The summed E-state index contributed by atoms with van der Waals surface area (Å²) in [6, 6.07) is 2.22. The summed E-state index contributed by atoms with van der Waals surface area (Å²) in [5.41, 5.74) is 0.0276. The van der Waals surface area contributed by atoms with Crippen LogP contribution < -0.4 is 15.4 Å². The molecule has 0 spiro atoms. The first-order chi connectivity index (χ1) is 11.9. The van der Waals surface area contributed by atoms with E-state index in [0.29, 0.717) is 16.6 Å². The predicted molar refractivity (Wildman–Crippen MR) is 88.3 cm³/mol. The van der Waals surface area contributed by atoms with Crippen LogP contribution >= 0.6 is 0 Å². The Morgan fingerprint density at radius 2 is 2.08 bits per heavy atom. The Labute approximate surface area is 146 Å². The van der Waals surface area contributed by atoms with Crippen LogP contribution in [0.2, 0.25) is 0 Å². The van der Waals surface area contributed by atoms with Gasteiger partial charge in [0.05, 0.1) is 0 Å². The second-order valence-corrected chi connectivity index (χ2v) is 6.42. The summed E-state index contributed by atoms with van der Waals surface area (Å²) in [6.07, 6.45) is 5.32. The third kappa shape index (κ3) is 5.44. The molecule has 0 bridgehead atoms. The standard InChI is InChI=1S/C17H23N3O5/c1-11-5-3-7-14(12(11)2)18-17(23)19-15(21)10-25-16(22)13-6-4-8-20(24)9-13/h4,6,8-9,11-12,14H,3,5,7,10H2,1-2H3,(H2,18,19,21,23)/t11-,12+,14+/m0/s1. The van der Waals surface area contributed by atoms with Gasteiger partial charge in [-0.05, 0) is 24.3 Å². The average molecular weight is 349 g/mol. The molecule has 25 heavy (non-hydrogen) atoms. The second kappa shape index (κ2) is 8.46. The lowest BCUT2D eigenvalue weighted by molar-refractivity contribution is -0.605. The maximum atomic E-state index is 11.9. The van der Waals surface area contributed by atoms with Crippen molar-refractivity contribution in [2.45, 2.75) is 39.2 Å². The Bertz CT molecular complexity index is 649. The Balaban J connectivity index is 1.76. The molecule has 0 saturated heterocycles. The van der Waals surface area contributed by atoms with Crippen LogP contribution in [0.15, 0.2) is 24.5 Å². The predicted octanol–water partition coefficient (Wildman–Crippen LogP) is 1.13. The molecule has 1 fully saturated rings. The number of imide groups is 1. The molecule has 0 radical (unpaired) electrons. The zero-order valence-electron chi connectivity index (χ0n) is 14.4. The summed E-state index contributed by atoms with van der Waals surface area (Å²) in [5, 5.41) is 16.0. The highest BCUT2D eigenvalue weighted by Gasteiger charge is 2.28. The molecule has 2 N–H and O–H groups in total. The summed E-state index contributed by atoms with van der Waals surface area (Å²) in [6.45, 7) is 3.63. The molecule has 2 rings (SSSR count). The van der Waals surface area contributed by atoms with Crippen molar-refractivity contribution in [1.29, 1.82) is 0 Å². The van der Waals surface area contributed by atoms with Crippen molar-refractivity contribution in [3.8, 4) is 0 Å². The number of pyridine rings is 1. The Morgan fingerprint density at radius 3 is 2.80 bits per heavy atom.